The molecule has 2 aromatic heterocycles. The van der Waals surface area contributed by atoms with Crippen molar-refractivity contribution in [2.75, 3.05) is 19.0 Å². The molecule has 2 heterocycles. The van der Waals surface area contributed by atoms with Crippen molar-refractivity contribution >= 4 is 28.1 Å². The van der Waals surface area contributed by atoms with Crippen molar-refractivity contribution in [3.8, 4) is 28.6 Å². The zero-order valence-corrected chi connectivity index (χ0v) is 18.9. The van der Waals surface area contributed by atoms with Gasteiger partial charge in [0.1, 0.15) is 22.9 Å². The lowest BCUT2D eigenvalue weighted by atomic mass is 10.3. The lowest BCUT2D eigenvalue weighted by molar-refractivity contribution is -0.134. The number of benzene rings is 2. The Morgan fingerprint density at radius 1 is 0.970 bits per heavy atom. The molecule has 0 atom stereocenters. The number of nitrogens with zero attached hydrogens (tertiary/aromatic N) is 2. The minimum absolute atomic E-state index is 0.258. The number of anilines is 2. The molecular formula is C25H23N3O4S. The lowest BCUT2D eigenvalue weighted by Gasteiger charge is -2.08. The topological polar surface area (TPSA) is 82.6 Å². The Bertz CT molecular complexity index is 1180. The van der Waals surface area contributed by atoms with Gasteiger partial charge in [-0.3, -0.25) is 9.78 Å². The molecule has 0 spiro atoms. The van der Waals surface area contributed by atoms with Gasteiger partial charge in [-0.1, -0.05) is 12.1 Å². The van der Waals surface area contributed by atoms with Crippen LogP contribution in [-0.2, 0) is 4.79 Å². The van der Waals surface area contributed by atoms with E-state index in [2.05, 4.69) is 15.3 Å². The molecular weight excluding hydrogens is 438 g/mol. The summed E-state index contributed by atoms with van der Waals surface area (Å²) in [6.45, 7) is 0.422. The number of hydrogen-bond donors (Lipinski definition) is 1. The molecule has 0 aliphatic carbocycles. The highest BCUT2D eigenvalue weighted by Gasteiger charge is 2.08. The van der Waals surface area contributed by atoms with Crippen molar-refractivity contribution < 1.29 is 19.0 Å². The van der Waals surface area contributed by atoms with E-state index in [4.69, 9.17) is 14.2 Å². The van der Waals surface area contributed by atoms with Crippen LogP contribution in [0.25, 0.3) is 11.4 Å². The first kappa shape index (κ1) is 22.3. The molecule has 2 aromatic carbocycles. The van der Waals surface area contributed by atoms with Crippen LogP contribution in [-0.4, -0.2) is 29.7 Å². The molecule has 0 saturated carbocycles. The van der Waals surface area contributed by atoms with Gasteiger partial charge in [0.05, 0.1) is 19.4 Å². The van der Waals surface area contributed by atoms with E-state index in [-0.39, 0.29) is 12.4 Å². The van der Waals surface area contributed by atoms with Gasteiger partial charge < -0.3 is 19.5 Å². The number of carbonyl (C=O) groups is 1. The first-order valence-corrected chi connectivity index (χ1v) is 11.3. The van der Waals surface area contributed by atoms with Crippen molar-refractivity contribution in [1.29, 1.82) is 0 Å². The second kappa shape index (κ2) is 11.1. The Hall–Kier alpha value is -3.91. The van der Waals surface area contributed by atoms with Crippen molar-refractivity contribution in [3.05, 3.63) is 78.3 Å². The molecule has 7 nitrogen and oxygen atoms in total. The molecule has 4 rings (SSSR count). The minimum atomic E-state index is -0.308. The Morgan fingerprint density at radius 2 is 1.82 bits per heavy atom. The standard InChI is InChI=1S/C25H23N3O4S/c1-30-19-10-12-20(13-11-19)31-15-5-9-24(29)32-21-7-4-6-18(16-21)27-25-28-23(17-33-25)22-8-2-3-14-26-22/h2-4,6-8,10-14,16-17H,5,9,15H2,1H3,(H,27,28). The molecule has 0 unspecified atom stereocenters. The molecule has 8 heteroatoms. The maximum absolute atomic E-state index is 12.2. The van der Waals surface area contributed by atoms with Gasteiger partial charge >= 0.3 is 5.97 Å². The predicted octanol–water partition coefficient (Wildman–Crippen LogP) is 5.72. The SMILES string of the molecule is COc1ccc(OCCCC(=O)Oc2cccc(Nc3nc(-c4ccccn4)cs3)c2)cc1. The number of esters is 1. The lowest BCUT2D eigenvalue weighted by Crippen LogP contribution is -2.10. The smallest absolute Gasteiger partial charge is 0.311 e. The van der Waals surface area contributed by atoms with Crippen molar-refractivity contribution in [3.63, 3.8) is 0 Å². The number of methoxy groups -OCH3 is 1. The molecule has 0 bridgehead atoms. The van der Waals surface area contributed by atoms with Crippen LogP contribution in [0.15, 0.2) is 78.3 Å². The highest BCUT2D eigenvalue weighted by molar-refractivity contribution is 7.14. The summed E-state index contributed by atoms with van der Waals surface area (Å²) in [6.07, 6.45) is 2.55. The Morgan fingerprint density at radius 3 is 2.61 bits per heavy atom. The number of nitrogens with one attached hydrogen (secondary N) is 1. The monoisotopic (exact) mass is 461 g/mol. The molecule has 168 valence electrons. The third-order valence-corrected chi connectivity index (χ3v) is 5.36. The summed E-state index contributed by atoms with van der Waals surface area (Å²) in [4.78, 5) is 21.1. The van der Waals surface area contributed by atoms with Gasteiger partial charge in [0.2, 0.25) is 0 Å². The normalized spacial score (nSPS) is 10.5. The Labute approximate surface area is 196 Å². The second-order valence-electron chi connectivity index (χ2n) is 7.01. The number of ether oxygens (including phenoxy) is 3. The molecule has 0 radical (unpaired) electrons. The van der Waals surface area contributed by atoms with Crippen LogP contribution in [0, 0.1) is 0 Å². The van der Waals surface area contributed by atoms with E-state index >= 15 is 0 Å². The van der Waals surface area contributed by atoms with Gasteiger partial charge in [-0.15, -0.1) is 11.3 Å². The van der Waals surface area contributed by atoms with Crippen LogP contribution in [0.4, 0.5) is 10.8 Å². The molecule has 4 aromatic rings. The molecule has 1 N–H and O–H groups in total. The number of hydrogen-bond acceptors (Lipinski definition) is 8. The van der Waals surface area contributed by atoms with Gasteiger partial charge in [-0.05, 0) is 55.0 Å². The van der Waals surface area contributed by atoms with E-state index in [9.17, 15) is 4.79 Å². The Balaban J connectivity index is 1.24. The van der Waals surface area contributed by atoms with Crippen LogP contribution >= 0.6 is 11.3 Å². The van der Waals surface area contributed by atoms with Gasteiger partial charge in [-0.25, -0.2) is 4.98 Å². The highest BCUT2D eigenvalue weighted by Crippen LogP contribution is 2.27. The van der Waals surface area contributed by atoms with Gasteiger partial charge in [-0.2, -0.15) is 0 Å². The highest BCUT2D eigenvalue weighted by atomic mass is 32.1. The summed E-state index contributed by atoms with van der Waals surface area (Å²) in [7, 11) is 1.62. The fraction of sp³-hybridized carbons (Fsp3) is 0.160. The maximum Gasteiger partial charge on any atom is 0.311 e. The maximum atomic E-state index is 12.2. The predicted molar refractivity (Wildman–Crippen MR) is 128 cm³/mol. The van der Waals surface area contributed by atoms with Gasteiger partial charge in [0.25, 0.3) is 0 Å². The average Bonchev–Trinajstić information content (AvgIpc) is 3.31. The zero-order valence-electron chi connectivity index (χ0n) is 18.1. The van der Waals surface area contributed by atoms with Crippen molar-refractivity contribution in [1.82, 2.24) is 9.97 Å². The van der Waals surface area contributed by atoms with E-state index in [1.54, 1.807) is 25.4 Å². The number of rotatable bonds is 10. The number of carbonyl (C=O) groups excluding carboxylic acids is 1. The third-order valence-electron chi connectivity index (χ3n) is 4.60. The van der Waals surface area contributed by atoms with Crippen molar-refractivity contribution in [2.24, 2.45) is 0 Å². The van der Waals surface area contributed by atoms with E-state index < -0.39 is 0 Å². The van der Waals surface area contributed by atoms with Crippen LogP contribution < -0.4 is 19.5 Å². The van der Waals surface area contributed by atoms with Crippen LogP contribution in [0.3, 0.4) is 0 Å². The Kier molecular flexibility index (Phi) is 7.50. The average molecular weight is 462 g/mol. The zero-order chi connectivity index (χ0) is 22.9. The molecule has 0 amide bonds. The largest absolute Gasteiger partial charge is 0.497 e. The first-order valence-electron chi connectivity index (χ1n) is 10.4. The minimum Gasteiger partial charge on any atom is -0.497 e. The number of pyridine rings is 1. The summed E-state index contributed by atoms with van der Waals surface area (Å²) in [5.41, 5.74) is 2.41. The third kappa shape index (κ3) is 6.54. The summed E-state index contributed by atoms with van der Waals surface area (Å²) < 4.78 is 16.2. The van der Waals surface area contributed by atoms with E-state index in [1.165, 1.54) is 11.3 Å². The van der Waals surface area contributed by atoms with Gasteiger partial charge in [0, 0.05) is 29.8 Å². The second-order valence-corrected chi connectivity index (χ2v) is 7.87. The van der Waals surface area contributed by atoms with Crippen molar-refractivity contribution in [2.45, 2.75) is 12.8 Å². The van der Waals surface area contributed by atoms with E-state index in [0.29, 0.717) is 18.8 Å². The molecule has 33 heavy (non-hydrogen) atoms. The summed E-state index contributed by atoms with van der Waals surface area (Å²) in [5.74, 6) is 1.67. The molecule has 0 aliphatic rings. The number of thiazole rings is 1. The summed E-state index contributed by atoms with van der Waals surface area (Å²) >= 11 is 1.48. The summed E-state index contributed by atoms with van der Waals surface area (Å²) in [6, 6.07) is 20.3. The van der Waals surface area contributed by atoms with E-state index in [0.717, 1.165) is 33.7 Å². The number of aromatic nitrogens is 2. The fourth-order valence-electron chi connectivity index (χ4n) is 2.98. The first-order chi connectivity index (χ1) is 16.2. The molecule has 0 saturated heterocycles. The fourth-order valence-corrected chi connectivity index (χ4v) is 3.71. The molecule has 0 aliphatic heterocycles. The van der Waals surface area contributed by atoms with Gasteiger partial charge in [0.15, 0.2) is 5.13 Å². The molecule has 0 fully saturated rings. The van der Waals surface area contributed by atoms with Crippen LogP contribution in [0.1, 0.15) is 12.8 Å². The van der Waals surface area contributed by atoms with Crippen LogP contribution in [0.5, 0.6) is 17.2 Å². The quantitative estimate of drug-likeness (QED) is 0.184. The van der Waals surface area contributed by atoms with Crippen LogP contribution in [0.2, 0.25) is 0 Å². The summed E-state index contributed by atoms with van der Waals surface area (Å²) in [5, 5.41) is 5.92. The van der Waals surface area contributed by atoms with E-state index in [1.807, 2.05) is 60.0 Å².